The zero-order chi connectivity index (χ0) is 30.0. The fourth-order valence-corrected chi connectivity index (χ4v) is 5.11. The molecule has 214 valence electrons. The van der Waals surface area contributed by atoms with E-state index >= 15 is 0 Å². The van der Waals surface area contributed by atoms with Crippen LogP contribution >= 0.6 is 11.8 Å². The maximum atomic E-state index is 12.5. The molecule has 0 aromatic heterocycles. The largest absolute Gasteiger partial charge is 0.478 e. The highest BCUT2D eigenvalue weighted by molar-refractivity contribution is 7.98. The molecule has 5 aromatic rings. The molecule has 0 spiro atoms. The van der Waals surface area contributed by atoms with Crippen LogP contribution in [0.25, 0.3) is 0 Å². The van der Waals surface area contributed by atoms with Gasteiger partial charge >= 0.3 is 5.97 Å². The Kier molecular flexibility index (Phi) is 9.51. The zero-order valence-corrected chi connectivity index (χ0v) is 23.8. The van der Waals surface area contributed by atoms with Crippen molar-refractivity contribution < 1.29 is 24.2 Å². The lowest BCUT2D eigenvalue weighted by Crippen LogP contribution is -2.16. The number of carboxylic acids is 1. The van der Waals surface area contributed by atoms with Crippen molar-refractivity contribution in [2.75, 3.05) is 10.6 Å². The van der Waals surface area contributed by atoms with E-state index in [2.05, 4.69) is 10.6 Å². The van der Waals surface area contributed by atoms with E-state index in [1.54, 1.807) is 66.4 Å². The van der Waals surface area contributed by atoms with E-state index < -0.39 is 5.97 Å². The van der Waals surface area contributed by atoms with Crippen molar-refractivity contribution in [1.82, 2.24) is 0 Å². The second kappa shape index (κ2) is 14.0. The third kappa shape index (κ3) is 8.34. The summed E-state index contributed by atoms with van der Waals surface area (Å²) in [5, 5.41) is 14.9. The van der Waals surface area contributed by atoms with Crippen LogP contribution in [0.1, 0.15) is 31.8 Å². The molecule has 0 radical (unpaired) electrons. The first-order chi connectivity index (χ1) is 20.9. The van der Waals surface area contributed by atoms with Gasteiger partial charge in [-0.1, -0.05) is 54.6 Å². The number of benzene rings is 5. The Balaban J connectivity index is 1.10. The van der Waals surface area contributed by atoms with Gasteiger partial charge in [-0.25, -0.2) is 4.79 Å². The van der Waals surface area contributed by atoms with Gasteiger partial charge in [0.25, 0.3) is 5.91 Å². The monoisotopic (exact) mass is 588 g/mol. The molecule has 0 atom stereocenters. The lowest BCUT2D eigenvalue weighted by molar-refractivity contribution is -0.115. The number of carboxylic acid groups (broad SMARTS) is 1. The van der Waals surface area contributed by atoms with Gasteiger partial charge in [0.2, 0.25) is 5.91 Å². The average Bonchev–Trinajstić information content (AvgIpc) is 3.02. The Labute approximate surface area is 253 Å². The molecule has 0 fully saturated rings. The Morgan fingerprint density at radius 3 is 2.07 bits per heavy atom. The van der Waals surface area contributed by atoms with Crippen molar-refractivity contribution in [2.24, 2.45) is 0 Å². The number of hydrogen-bond acceptors (Lipinski definition) is 5. The van der Waals surface area contributed by atoms with Gasteiger partial charge < -0.3 is 20.5 Å². The number of amides is 2. The lowest BCUT2D eigenvalue weighted by Gasteiger charge is -2.10. The van der Waals surface area contributed by atoms with Crippen LogP contribution in [0.15, 0.2) is 132 Å². The van der Waals surface area contributed by atoms with Crippen LogP contribution in [0.2, 0.25) is 0 Å². The molecule has 0 saturated heterocycles. The van der Waals surface area contributed by atoms with Crippen molar-refractivity contribution >= 4 is 40.9 Å². The van der Waals surface area contributed by atoms with Gasteiger partial charge in [-0.3, -0.25) is 9.59 Å². The fraction of sp³-hybridized carbons (Fsp3) is 0.0571. The number of rotatable bonds is 11. The minimum atomic E-state index is -1.10. The topological polar surface area (TPSA) is 105 Å². The summed E-state index contributed by atoms with van der Waals surface area (Å²) in [6, 6.07) is 38.2. The van der Waals surface area contributed by atoms with Crippen molar-refractivity contribution in [3.05, 3.63) is 150 Å². The second-order valence-corrected chi connectivity index (χ2v) is 10.7. The number of thioether (sulfide) groups is 1. The maximum Gasteiger partial charge on any atom is 0.337 e. The molecule has 0 unspecified atom stereocenters. The molecule has 0 heterocycles. The van der Waals surface area contributed by atoms with Crippen molar-refractivity contribution in [3.63, 3.8) is 0 Å². The molecular formula is C35H28N2O5S. The summed E-state index contributed by atoms with van der Waals surface area (Å²) < 4.78 is 5.97. The van der Waals surface area contributed by atoms with Crippen molar-refractivity contribution in [2.45, 2.75) is 17.1 Å². The molecule has 43 heavy (non-hydrogen) atoms. The number of anilines is 2. The number of para-hydroxylation sites is 1. The summed E-state index contributed by atoms with van der Waals surface area (Å²) >= 11 is 1.68. The summed E-state index contributed by atoms with van der Waals surface area (Å²) in [4.78, 5) is 37.4. The number of ether oxygens (including phenoxy) is 1. The summed E-state index contributed by atoms with van der Waals surface area (Å²) in [6.45, 7) is 0. The van der Waals surface area contributed by atoms with E-state index in [9.17, 15) is 19.5 Å². The molecule has 5 aromatic carbocycles. The molecule has 0 bridgehead atoms. The minimum absolute atomic E-state index is 0.0442. The second-order valence-electron chi connectivity index (χ2n) is 9.60. The van der Waals surface area contributed by atoms with Crippen LogP contribution in [0.4, 0.5) is 11.4 Å². The van der Waals surface area contributed by atoms with Crippen LogP contribution in [0.3, 0.4) is 0 Å². The van der Waals surface area contributed by atoms with E-state index in [1.807, 2.05) is 66.7 Å². The zero-order valence-electron chi connectivity index (χ0n) is 23.0. The van der Waals surface area contributed by atoms with Crippen LogP contribution < -0.4 is 15.4 Å². The average molecular weight is 589 g/mol. The quantitative estimate of drug-likeness (QED) is 0.136. The number of hydrogen-bond donors (Lipinski definition) is 3. The molecule has 2 amide bonds. The Morgan fingerprint density at radius 1 is 0.674 bits per heavy atom. The van der Waals surface area contributed by atoms with Gasteiger partial charge in [-0.05, 0) is 83.9 Å². The highest BCUT2D eigenvalue weighted by atomic mass is 32.2. The third-order valence-electron chi connectivity index (χ3n) is 6.41. The predicted octanol–water partition coefficient (Wildman–Crippen LogP) is 7.90. The minimum Gasteiger partial charge on any atom is -0.478 e. The molecule has 7 nitrogen and oxygen atoms in total. The van der Waals surface area contributed by atoms with Crippen LogP contribution in [-0.4, -0.2) is 22.9 Å². The number of carbonyl (C=O) groups is 3. The first-order valence-electron chi connectivity index (χ1n) is 13.5. The highest BCUT2D eigenvalue weighted by Crippen LogP contribution is 2.28. The van der Waals surface area contributed by atoms with E-state index in [0.29, 0.717) is 17.1 Å². The van der Waals surface area contributed by atoms with E-state index in [4.69, 9.17) is 4.74 Å². The summed E-state index contributed by atoms with van der Waals surface area (Å²) in [7, 11) is 0. The molecule has 0 saturated carbocycles. The van der Waals surface area contributed by atoms with E-state index in [0.717, 1.165) is 27.5 Å². The first kappa shape index (κ1) is 29.2. The van der Waals surface area contributed by atoms with Gasteiger partial charge in [0.1, 0.15) is 11.5 Å². The molecule has 3 N–H and O–H groups in total. The predicted molar refractivity (Wildman–Crippen MR) is 169 cm³/mol. The summed E-state index contributed by atoms with van der Waals surface area (Å²) in [5.41, 5.74) is 3.55. The molecule has 0 aliphatic heterocycles. The SMILES string of the molecule is O=C(Cc1ccc(Oc2ccc(SCc3cccc(NC(=O)c4ccccc4)c3)cc2)cc1)Nc1ccccc1C(=O)O. The van der Waals surface area contributed by atoms with Gasteiger partial charge in [0, 0.05) is 21.9 Å². The van der Waals surface area contributed by atoms with E-state index in [-0.39, 0.29) is 29.5 Å². The Bertz CT molecular complexity index is 1720. The normalized spacial score (nSPS) is 10.5. The van der Waals surface area contributed by atoms with E-state index in [1.165, 1.54) is 6.07 Å². The van der Waals surface area contributed by atoms with Crippen LogP contribution in [-0.2, 0) is 17.0 Å². The number of carbonyl (C=O) groups excluding carboxylic acids is 2. The van der Waals surface area contributed by atoms with Gasteiger partial charge in [-0.2, -0.15) is 0 Å². The standard InChI is InChI=1S/C35H28N2O5S/c38-33(37-32-12-5-4-11-31(32)35(40)41)22-24-13-15-28(16-14-24)42-29-17-19-30(20-18-29)43-23-25-7-6-10-27(21-25)36-34(39)26-8-2-1-3-9-26/h1-21H,22-23H2,(H,36,39)(H,37,38)(H,40,41). The smallest absolute Gasteiger partial charge is 0.337 e. The summed E-state index contributed by atoms with van der Waals surface area (Å²) in [5.74, 6) is 0.521. The van der Waals surface area contributed by atoms with Crippen LogP contribution in [0.5, 0.6) is 11.5 Å². The van der Waals surface area contributed by atoms with Gasteiger partial charge in [-0.15, -0.1) is 11.8 Å². The van der Waals surface area contributed by atoms with Crippen molar-refractivity contribution in [1.29, 1.82) is 0 Å². The lowest BCUT2D eigenvalue weighted by atomic mass is 10.1. The molecule has 0 aliphatic rings. The first-order valence-corrected chi connectivity index (χ1v) is 14.5. The molecule has 0 aliphatic carbocycles. The number of aromatic carboxylic acids is 1. The maximum absolute atomic E-state index is 12.5. The summed E-state index contributed by atoms with van der Waals surface area (Å²) in [6.07, 6.45) is 0.0997. The van der Waals surface area contributed by atoms with Crippen molar-refractivity contribution in [3.8, 4) is 11.5 Å². The number of nitrogens with one attached hydrogen (secondary N) is 2. The highest BCUT2D eigenvalue weighted by Gasteiger charge is 2.12. The fourth-order valence-electron chi connectivity index (χ4n) is 4.27. The molecular weight excluding hydrogens is 560 g/mol. The van der Waals surface area contributed by atoms with Gasteiger partial charge in [0.05, 0.1) is 17.7 Å². The third-order valence-corrected chi connectivity index (χ3v) is 7.49. The van der Waals surface area contributed by atoms with Gasteiger partial charge in [0.15, 0.2) is 0 Å². The molecule has 5 rings (SSSR count). The van der Waals surface area contributed by atoms with Crippen LogP contribution in [0, 0.1) is 0 Å². The Hall–Kier alpha value is -5.34. The Morgan fingerprint density at radius 2 is 1.35 bits per heavy atom. The molecule has 8 heteroatoms.